The first-order valence-electron chi connectivity index (χ1n) is 11.1. The van der Waals surface area contributed by atoms with Gasteiger partial charge in [-0.05, 0) is 51.4 Å². The van der Waals surface area contributed by atoms with Crippen molar-refractivity contribution in [3.63, 3.8) is 0 Å². The van der Waals surface area contributed by atoms with E-state index in [1.807, 2.05) is 77.9 Å². The summed E-state index contributed by atoms with van der Waals surface area (Å²) in [6, 6.07) is 14.8. The first-order valence-corrected chi connectivity index (χ1v) is 11.1. The molecule has 170 valence electrons. The molecule has 0 saturated carbocycles. The van der Waals surface area contributed by atoms with Crippen LogP contribution in [-0.4, -0.2) is 23.8 Å². The van der Waals surface area contributed by atoms with Gasteiger partial charge in [0.2, 0.25) is 5.78 Å². The van der Waals surface area contributed by atoms with Crippen molar-refractivity contribution < 1.29 is 19.4 Å². The van der Waals surface area contributed by atoms with E-state index in [2.05, 4.69) is 0 Å². The van der Waals surface area contributed by atoms with E-state index in [4.69, 9.17) is 4.74 Å². The van der Waals surface area contributed by atoms with Crippen LogP contribution < -0.4 is 0 Å². The van der Waals surface area contributed by atoms with Gasteiger partial charge in [0.25, 0.3) is 0 Å². The third kappa shape index (κ3) is 3.74. The predicted molar refractivity (Wildman–Crippen MR) is 132 cm³/mol. The molecule has 0 saturated heterocycles. The van der Waals surface area contributed by atoms with Gasteiger partial charge in [0.05, 0.1) is 12.7 Å². The Morgan fingerprint density at radius 2 is 1.18 bits per heavy atom. The van der Waals surface area contributed by atoms with Gasteiger partial charge in [0.15, 0.2) is 11.5 Å². The smallest absolute Gasteiger partial charge is 0.229 e. The molecule has 1 aliphatic rings. The van der Waals surface area contributed by atoms with E-state index in [1.165, 1.54) is 7.11 Å². The maximum atomic E-state index is 13.8. The van der Waals surface area contributed by atoms with Gasteiger partial charge in [0, 0.05) is 22.3 Å². The number of allylic oxidation sites excluding steroid dienone is 2. The normalized spacial score (nSPS) is 14.6. The van der Waals surface area contributed by atoms with Gasteiger partial charge in [-0.15, -0.1) is 0 Å². The first-order chi connectivity index (χ1) is 15.3. The molecule has 1 aliphatic carbocycles. The van der Waals surface area contributed by atoms with Crippen molar-refractivity contribution in [2.24, 2.45) is 0 Å². The number of hydrogen-bond acceptors (Lipinski definition) is 4. The molecule has 4 nitrogen and oxygen atoms in total. The highest BCUT2D eigenvalue weighted by molar-refractivity contribution is 6.40. The van der Waals surface area contributed by atoms with Crippen LogP contribution in [0.15, 0.2) is 54.3 Å². The second-order valence-corrected chi connectivity index (χ2v) is 10.7. The number of carbonyl (C=O) groups is 2. The van der Waals surface area contributed by atoms with Crippen molar-refractivity contribution in [1.29, 1.82) is 0 Å². The van der Waals surface area contributed by atoms with Gasteiger partial charge < -0.3 is 9.84 Å². The van der Waals surface area contributed by atoms with E-state index in [-0.39, 0.29) is 39.5 Å². The van der Waals surface area contributed by atoms with Crippen LogP contribution in [0.2, 0.25) is 0 Å². The molecule has 1 N–H and O–H groups in total. The summed E-state index contributed by atoms with van der Waals surface area (Å²) in [5, 5.41) is 12.9. The van der Waals surface area contributed by atoms with Gasteiger partial charge in [-0.1, -0.05) is 65.8 Å². The molecule has 4 rings (SSSR count). The molecule has 3 aromatic carbocycles. The highest BCUT2D eigenvalue weighted by atomic mass is 16.5. The highest BCUT2D eigenvalue weighted by Crippen LogP contribution is 2.43. The van der Waals surface area contributed by atoms with Crippen molar-refractivity contribution in [3.05, 3.63) is 82.1 Å². The molecule has 0 aromatic heterocycles. The summed E-state index contributed by atoms with van der Waals surface area (Å²) in [6.07, 6.45) is 0. The first kappa shape index (κ1) is 22.8. The number of ether oxygens (including phenoxy) is 1. The van der Waals surface area contributed by atoms with Crippen molar-refractivity contribution in [2.75, 3.05) is 7.11 Å². The molecule has 0 bridgehead atoms. The molecule has 0 fully saturated rings. The van der Waals surface area contributed by atoms with Crippen molar-refractivity contribution in [1.82, 2.24) is 0 Å². The molecule has 3 aromatic rings. The number of aromatic hydroxyl groups is 1. The fraction of sp³-hybridized carbons (Fsp3) is 0.310. The predicted octanol–water partition coefficient (Wildman–Crippen LogP) is 6.58. The minimum Gasteiger partial charge on any atom is -0.507 e. The van der Waals surface area contributed by atoms with E-state index >= 15 is 0 Å². The average Bonchev–Trinajstić information content (AvgIpc) is 2.73. The summed E-state index contributed by atoms with van der Waals surface area (Å²) in [4.78, 5) is 27.3. The summed E-state index contributed by atoms with van der Waals surface area (Å²) >= 11 is 0. The number of phenols is 1. The molecule has 0 heterocycles. The summed E-state index contributed by atoms with van der Waals surface area (Å²) in [6.45, 7) is 12.1. The van der Waals surface area contributed by atoms with Crippen LogP contribution in [0.25, 0.3) is 16.3 Å². The lowest BCUT2D eigenvalue weighted by atomic mass is 9.76. The Kier molecular flexibility index (Phi) is 5.24. The fourth-order valence-electron chi connectivity index (χ4n) is 4.47. The maximum absolute atomic E-state index is 13.8. The van der Waals surface area contributed by atoms with Crippen molar-refractivity contribution >= 4 is 27.9 Å². The van der Waals surface area contributed by atoms with Crippen LogP contribution in [0.1, 0.15) is 78.9 Å². The van der Waals surface area contributed by atoms with Crippen LogP contribution in [0.3, 0.4) is 0 Å². The van der Waals surface area contributed by atoms with E-state index in [9.17, 15) is 14.7 Å². The van der Waals surface area contributed by atoms with Gasteiger partial charge in [-0.3, -0.25) is 9.59 Å². The summed E-state index contributed by atoms with van der Waals surface area (Å²) in [7, 11) is 1.42. The Morgan fingerprint density at radius 1 is 0.727 bits per heavy atom. The second kappa shape index (κ2) is 7.58. The van der Waals surface area contributed by atoms with Crippen molar-refractivity contribution in [2.45, 2.75) is 52.4 Å². The topological polar surface area (TPSA) is 63.6 Å². The number of benzene rings is 3. The van der Waals surface area contributed by atoms with Crippen molar-refractivity contribution in [3.8, 4) is 5.75 Å². The molecule has 33 heavy (non-hydrogen) atoms. The number of Topliss-reactive ketones (excluding diaryl/α,β-unsaturated/α-hetero) is 2. The molecule has 4 heteroatoms. The monoisotopic (exact) mass is 442 g/mol. The lowest BCUT2D eigenvalue weighted by Gasteiger charge is -2.29. The Morgan fingerprint density at radius 3 is 1.61 bits per heavy atom. The molecule has 0 spiro atoms. The molecule has 0 unspecified atom stereocenters. The fourth-order valence-corrected chi connectivity index (χ4v) is 4.47. The zero-order chi connectivity index (χ0) is 24.3. The third-order valence-electron chi connectivity index (χ3n) is 6.25. The number of phenolic OH excluding ortho intramolecular Hbond substituents is 1. The summed E-state index contributed by atoms with van der Waals surface area (Å²) in [5.74, 6) is -0.305. The number of carbonyl (C=O) groups excluding carboxylic acids is 2. The Labute approximate surface area is 194 Å². The molecule has 0 atom stereocenters. The number of hydrogen-bond donors (Lipinski definition) is 1. The van der Waals surface area contributed by atoms with Crippen LogP contribution >= 0.6 is 0 Å². The number of ketones is 2. The van der Waals surface area contributed by atoms with Gasteiger partial charge >= 0.3 is 0 Å². The zero-order valence-corrected chi connectivity index (χ0v) is 20.3. The molecule has 0 aliphatic heterocycles. The zero-order valence-electron chi connectivity index (χ0n) is 20.3. The van der Waals surface area contributed by atoms with Crippen LogP contribution in [0.4, 0.5) is 0 Å². The number of methoxy groups -OCH3 is 1. The van der Waals surface area contributed by atoms with Gasteiger partial charge in [-0.2, -0.15) is 0 Å². The molecular weight excluding hydrogens is 412 g/mol. The minimum atomic E-state index is -0.371. The third-order valence-corrected chi connectivity index (χ3v) is 6.25. The maximum Gasteiger partial charge on any atom is 0.229 e. The van der Waals surface area contributed by atoms with E-state index in [1.54, 1.807) is 12.1 Å². The van der Waals surface area contributed by atoms with Gasteiger partial charge in [0.1, 0.15) is 5.75 Å². The van der Waals surface area contributed by atoms with E-state index in [0.29, 0.717) is 16.7 Å². The van der Waals surface area contributed by atoms with Crippen LogP contribution in [-0.2, 0) is 15.6 Å². The van der Waals surface area contributed by atoms with Crippen LogP contribution in [0.5, 0.6) is 5.75 Å². The standard InChI is InChI=1S/C29H30O4/c1-28(2,3)21-14-18(15-22(26(21)32)29(4,5)6)23-24(30)19-12-16-10-8-9-11-17(16)13-20(19)25(31)27(23)33-7/h8-15,32H,1-7H3. The SMILES string of the molecule is COC1=C(c2cc(C(C)(C)C)c(O)c(C(C)(C)C)c2)C(=O)c2cc3ccccc3cc2C1=O. The van der Waals surface area contributed by atoms with Gasteiger partial charge in [-0.25, -0.2) is 0 Å². The van der Waals surface area contributed by atoms with E-state index < -0.39 is 0 Å². The molecule has 0 amide bonds. The lowest BCUT2D eigenvalue weighted by molar-refractivity contribution is 0.0925. The molecular formula is C29H30O4. The average molecular weight is 443 g/mol. The Bertz CT molecular complexity index is 1310. The number of rotatable bonds is 2. The van der Waals surface area contributed by atoms with Crippen LogP contribution in [0, 0.1) is 0 Å². The largest absolute Gasteiger partial charge is 0.507 e. The Balaban J connectivity index is 2.04. The second-order valence-electron chi connectivity index (χ2n) is 10.7. The minimum absolute atomic E-state index is 0.0354. The quantitative estimate of drug-likeness (QED) is 0.487. The molecule has 0 radical (unpaired) electrons. The summed E-state index contributed by atoms with van der Waals surface area (Å²) < 4.78 is 5.54. The lowest BCUT2D eigenvalue weighted by Crippen LogP contribution is -2.24. The Hall–Kier alpha value is -3.40. The van der Waals surface area contributed by atoms with E-state index in [0.717, 1.165) is 21.9 Å². The highest BCUT2D eigenvalue weighted by Gasteiger charge is 2.36. The summed E-state index contributed by atoms with van der Waals surface area (Å²) in [5.41, 5.74) is 2.24. The number of fused-ring (bicyclic) bond motifs is 2.